The molecule has 0 unspecified atom stereocenters. The zero-order valence-electron chi connectivity index (χ0n) is 14.7. The van der Waals surface area contributed by atoms with Crippen LogP contribution in [0.3, 0.4) is 0 Å². The maximum Gasteiger partial charge on any atom is 0.251 e. The number of primary amides is 1. The van der Waals surface area contributed by atoms with Gasteiger partial charge in [-0.25, -0.2) is 0 Å². The lowest BCUT2D eigenvalue weighted by Crippen LogP contribution is -2.33. The number of benzene rings is 1. The second-order valence-electron chi connectivity index (χ2n) is 5.98. The molecular weight excluding hydrogens is 382 g/mol. The molecule has 0 saturated heterocycles. The highest BCUT2D eigenvalue weighted by atomic mass is 32.1. The second-order valence-corrected chi connectivity index (χ2v) is 7.49. The van der Waals surface area contributed by atoms with Crippen LogP contribution in [-0.4, -0.2) is 24.0 Å². The van der Waals surface area contributed by atoms with E-state index in [0.717, 1.165) is 41.0 Å². The van der Waals surface area contributed by atoms with Crippen LogP contribution in [0.15, 0.2) is 30.3 Å². The molecule has 1 aromatic carbocycles. The van der Waals surface area contributed by atoms with Crippen LogP contribution in [0.25, 0.3) is 6.08 Å². The Bertz CT molecular complexity index is 917. The third-order valence-corrected chi connectivity index (χ3v) is 5.59. The van der Waals surface area contributed by atoms with Crippen LogP contribution in [0.2, 0.25) is 0 Å². The van der Waals surface area contributed by atoms with E-state index >= 15 is 0 Å². The average Bonchev–Trinajstić information content (AvgIpc) is 3.20. The van der Waals surface area contributed by atoms with Crippen molar-refractivity contribution in [2.45, 2.75) is 19.3 Å². The molecule has 3 rings (SSSR count). The Morgan fingerprint density at radius 3 is 2.67 bits per heavy atom. The molecule has 0 radical (unpaired) electrons. The van der Waals surface area contributed by atoms with Crippen LogP contribution in [-0.2, 0) is 17.6 Å². The summed E-state index contributed by atoms with van der Waals surface area (Å²) in [7, 11) is 1.60. The first-order chi connectivity index (χ1) is 13.0. The summed E-state index contributed by atoms with van der Waals surface area (Å²) in [4.78, 5) is 25.0. The minimum Gasteiger partial charge on any atom is -0.497 e. The van der Waals surface area contributed by atoms with Crippen LogP contribution >= 0.6 is 23.6 Å². The Balaban J connectivity index is 1.61. The van der Waals surface area contributed by atoms with E-state index in [0.29, 0.717) is 10.6 Å². The van der Waals surface area contributed by atoms with Crippen molar-refractivity contribution in [3.8, 4) is 5.75 Å². The van der Waals surface area contributed by atoms with Crippen molar-refractivity contribution >= 4 is 51.6 Å². The van der Waals surface area contributed by atoms with Crippen LogP contribution in [0.1, 0.15) is 32.8 Å². The van der Waals surface area contributed by atoms with Crippen molar-refractivity contribution in [1.29, 1.82) is 0 Å². The SMILES string of the molecule is COc1ccc(/C=C/C(=O)NC(=S)Nc2sc3c(c2C(N)=O)CCC3)cc1. The number of thiophene rings is 1. The number of hydrogen-bond acceptors (Lipinski definition) is 5. The zero-order chi connectivity index (χ0) is 19.4. The summed E-state index contributed by atoms with van der Waals surface area (Å²) in [5.41, 5.74) is 7.86. The topological polar surface area (TPSA) is 93.4 Å². The van der Waals surface area contributed by atoms with E-state index in [4.69, 9.17) is 22.7 Å². The molecule has 0 aliphatic heterocycles. The van der Waals surface area contributed by atoms with E-state index in [-0.39, 0.29) is 11.0 Å². The number of fused-ring (bicyclic) bond motifs is 1. The van der Waals surface area contributed by atoms with Gasteiger partial charge in [0.25, 0.3) is 5.91 Å². The first-order valence-corrected chi connectivity index (χ1v) is 9.59. The van der Waals surface area contributed by atoms with Crippen LogP contribution in [0.4, 0.5) is 5.00 Å². The summed E-state index contributed by atoms with van der Waals surface area (Å²) >= 11 is 6.66. The van der Waals surface area contributed by atoms with E-state index in [1.165, 1.54) is 17.4 Å². The van der Waals surface area contributed by atoms with Gasteiger partial charge in [0.1, 0.15) is 10.8 Å². The highest BCUT2D eigenvalue weighted by Gasteiger charge is 2.25. The van der Waals surface area contributed by atoms with E-state index in [2.05, 4.69) is 10.6 Å². The molecule has 0 saturated carbocycles. The number of amides is 2. The van der Waals surface area contributed by atoms with Gasteiger partial charge in [0.2, 0.25) is 5.91 Å². The minimum atomic E-state index is -0.481. The Morgan fingerprint density at radius 2 is 2.00 bits per heavy atom. The van der Waals surface area contributed by atoms with Gasteiger partial charge in [-0.05, 0) is 60.8 Å². The van der Waals surface area contributed by atoms with E-state index in [9.17, 15) is 9.59 Å². The number of carbonyl (C=O) groups is 2. The number of thiocarbonyl (C=S) groups is 1. The standard InChI is InChI=1S/C19H19N3O3S2/c1-25-12-8-5-11(6-9-12)7-10-15(23)21-19(26)22-18-16(17(20)24)13-3-2-4-14(13)27-18/h5-10H,2-4H2,1H3,(H2,20,24)(H2,21,22,23,26)/b10-7+. The van der Waals surface area contributed by atoms with Crippen LogP contribution in [0.5, 0.6) is 5.75 Å². The van der Waals surface area contributed by atoms with Gasteiger partial charge in [-0.3, -0.25) is 14.9 Å². The molecule has 1 aromatic heterocycles. The lowest BCUT2D eigenvalue weighted by atomic mass is 10.1. The molecule has 1 aliphatic carbocycles. The third-order valence-electron chi connectivity index (χ3n) is 4.17. The predicted octanol–water partition coefficient (Wildman–Crippen LogP) is 2.87. The Labute approximate surface area is 166 Å². The van der Waals surface area contributed by atoms with Gasteiger partial charge in [0, 0.05) is 11.0 Å². The van der Waals surface area contributed by atoms with Gasteiger partial charge in [-0.1, -0.05) is 12.1 Å². The highest BCUT2D eigenvalue weighted by Crippen LogP contribution is 2.38. The first kappa shape index (κ1) is 19.1. The zero-order valence-corrected chi connectivity index (χ0v) is 16.3. The summed E-state index contributed by atoms with van der Waals surface area (Å²) in [6.45, 7) is 0. The van der Waals surface area contributed by atoms with Gasteiger partial charge < -0.3 is 15.8 Å². The van der Waals surface area contributed by atoms with Gasteiger partial charge in [-0.2, -0.15) is 0 Å². The van der Waals surface area contributed by atoms with E-state index < -0.39 is 5.91 Å². The van der Waals surface area contributed by atoms with Crippen LogP contribution in [0, 0.1) is 0 Å². The summed E-state index contributed by atoms with van der Waals surface area (Å²) < 4.78 is 5.09. The maximum absolute atomic E-state index is 12.1. The van der Waals surface area contributed by atoms with E-state index in [1.807, 2.05) is 24.3 Å². The molecule has 6 nitrogen and oxygen atoms in total. The third kappa shape index (κ3) is 4.53. The number of anilines is 1. The van der Waals surface area contributed by atoms with Gasteiger partial charge in [-0.15, -0.1) is 11.3 Å². The molecule has 1 heterocycles. The number of aryl methyl sites for hydroxylation is 1. The summed E-state index contributed by atoms with van der Waals surface area (Å²) in [5, 5.41) is 6.23. The Kier molecular flexibility index (Phi) is 5.88. The van der Waals surface area contributed by atoms with Crippen molar-refractivity contribution in [2.24, 2.45) is 5.73 Å². The van der Waals surface area contributed by atoms with Crippen molar-refractivity contribution in [3.05, 3.63) is 51.9 Å². The number of nitrogens with one attached hydrogen (secondary N) is 2. The number of methoxy groups -OCH3 is 1. The van der Waals surface area contributed by atoms with Crippen molar-refractivity contribution in [3.63, 3.8) is 0 Å². The minimum absolute atomic E-state index is 0.127. The van der Waals surface area contributed by atoms with E-state index in [1.54, 1.807) is 13.2 Å². The second kappa shape index (κ2) is 8.32. The molecule has 0 fully saturated rings. The summed E-state index contributed by atoms with van der Waals surface area (Å²) in [6, 6.07) is 7.30. The molecule has 2 amide bonds. The fourth-order valence-electron chi connectivity index (χ4n) is 2.93. The molecule has 140 valence electrons. The first-order valence-electron chi connectivity index (χ1n) is 8.36. The Hall–Kier alpha value is -2.71. The predicted molar refractivity (Wildman–Crippen MR) is 111 cm³/mol. The highest BCUT2D eigenvalue weighted by molar-refractivity contribution is 7.80. The van der Waals surface area contributed by atoms with Gasteiger partial charge in [0.05, 0.1) is 12.7 Å². The fourth-order valence-corrected chi connectivity index (χ4v) is 4.49. The lowest BCUT2D eigenvalue weighted by Gasteiger charge is -2.08. The number of nitrogens with two attached hydrogens (primary N) is 1. The number of ether oxygens (including phenoxy) is 1. The summed E-state index contributed by atoms with van der Waals surface area (Å²) in [5.74, 6) is -0.103. The number of carbonyl (C=O) groups excluding carboxylic acids is 2. The molecule has 8 heteroatoms. The molecule has 4 N–H and O–H groups in total. The molecule has 0 atom stereocenters. The Morgan fingerprint density at radius 1 is 1.26 bits per heavy atom. The molecule has 27 heavy (non-hydrogen) atoms. The smallest absolute Gasteiger partial charge is 0.251 e. The maximum atomic E-state index is 12.1. The van der Waals surface area contributed by atoms with Crippen molar-refractivity contribution in [1.82, 2.24) is 5.32 Å². The van der Waals surface area contributed by atoms with Gasteiger partial charge >= 0.3 is 0 Å². The van der Waals surface area contributed by atoms with Crippen molar-refractivity contribution in [2.75, 3.05) is 12.4 Å². The lowest BCUT2D eigenvalue weighted by molar-refractivity contribution is -0.115. The number of hydrogen-bond donors (Lipinski definition) is 3. The largest absolute Gasteiger partial charge is 0.497 e. The number of rotatable bonds is 5. The van der Waals surface area contributed by atoms with Crippen molar-refractivity contribution < 1.29 is 14.3 Å². The van der Waals surface area contributed by atoms with Gasteiger partial charge in [0.15, 0.2) is 5.11 Å². The quantitative estimate of drug-likeness (QED) is 0.529. The molecule has 2 aromatic rings. The van der Waals surface area contributed by atoms with Crippen LogP contribution < -0.4 is 21.1 Å². The summed E-state index contributed by atoms with van der Waals surface area (Å²) in [6.07, 6.45) is 5.87. The average molecular weight is 402 g/mol. The molecule has 0 bridgehead atoms. The molecular formula is C19H19N3O3S2. The monoisotopic (exact) mass is 401 g/mol. The molecule has 0 spiro atoms. The fraction of sp³-hybridized carbons (Fsp3) is 0.211. The molecule has 1 aliphatic rings. The normalized spacial score (nSPS) is 12.6.